The number of hydrogen-bond acceptors (Lipinski definition) is 5. The maximum atomic E-state index is 13.3. The van der Waals surface area contributed by atoms with E-state index in [1.165, 1.54) is 10.7 Å². The van der Waals surface area contributed by atoms with Gasteiger partial charge in [-0.1, -0.05) is 23.7 Å². The fourth-order valence-corrected chi connectivity index (χ4v) is 6.04. The van der Waals surface area contributed by atoms with Crippen molar-refractivity contribution in [3.63, 3.8) is 0 Å². The van der Waals surface area contributed by atoms with E-state index >= 15 is 0 Å². The Balaban J connectivity index is 1.78. The molecule has 0 saturated carbocycles. The Morgan fingerprint density at radius 3 is 2.63 bits per heavy atom. The van der Waals surface area contributed by atoms with Crippen LogP contribution < -0.4 is 5.32 Å². The number of halogens is 4. The Morgan fingerprint density at radius 2 is 2.00 bits per heavy atom. The van der Waals surface area contributed by atoms with Crippen molar-refractivity contribution in [2.45, 2.75) is 31.7 Å². The van der Waals surface area contributed by atoms with Crippen LogP contribution in [0.3, 0.4) is 0 Å². The molecule has 2 aromatic rings. The van der Waals surface area contributed by atoms with E-state index in [-0.39, 0.29) is 27.8 Å². The molecule has 1 aromatic heterocycles. The van der Waals surface area contributed by atoms with Gasteiger partial charge in [-0.3, -0.25) is 4.79 Å². The minimum absolute atomic E-state index is 0.00399. The molecule has 0 bridgehead atoms. The molecule has 12 heteroatoms. The lowest BCUT2D eigenvalue weighted by atomic mass is 10.0. The molecular formula is C18H18ClF3N4O3S. The molecule has 2 aliphatic heterocycles. The Hall–Kier alpha value is -2.27. The first-order valence-electron chi connectivity index (χ1n) is 9.15. The molecule has 2 aliphatic rings. The monoisotopic (exact) mass is 462 g/mol. The predicted molar refractivity (Wildman–Crippen MR) is 104 cm³/mol. The number of amides is 1. The first-order valence-corrected chi connectivity index (χ1v) is 11.3. The summed E-state index contributed by atoms with van der Waals surface area (Å²) in [5, 5.41) is 7.29. The van der Waals surface area contributed by atoms with Gasteiger partial charge in [0.05, 0.1) is 34.4 Å². The molecule has 1 aromatic carbocycles. The van der Waals surface area contributed by atoms with Gasteiger partial charge in [-0.05, 0) is 25.5 Å². The highest BCUT2D eigenvalue weighted by Crippen LogP contribution is 2.40. The lowest BCUT2D eigenvalue weighted by Crippen LogP contribution is -2.47. The van der Waals surface area contributed by atoms with Crippen LogP contribution in [0.4, 0.5) is 18.9 Å². The number of aryl methyl sites for hydroxylation is 1. The van der Waals surface area contributed by atoms with Crippen molar-refractivity contribution in [3.8, 4) is 0 Å². The number of nitrogens with one attached hydrogen (secondary N) is 1. The highest BCUT2D eigenvalue weighted by atomic mass is 35.5. The predicted octanol–water partition coefficient (Wildman–Crippen LogP) is 3.33. The van der Waals surface area contributed by atoms with E-state index in [2.05, 4.69) is 10.4 Å². The number of nitrogens with zero attached hydrogens (tertiary/aromatic N) is 3. The molecule has 3 heterocycles. The van der Waals surface area contributed by atoms with Crippen molar-refractivity contribution in [2.24, 2.45) is 0 Å². The van der Waals surface area contributed by atoms with Crippen molar-refractivity contribution in [1.29, 1.82) is 0 Å². The van der Waals surface area contributed by atoms with Gasteiger partial charge in [-0.2, -0.15) is 18.3 Å². The van der Waals surface area contributed by atoms with Gasteiger partial charge in [-0.25, -0.2) is 13.1 Å². The summed E-state index contributed by atoms with van der Waals surface area (Å²) < 4.78 is 64.8. The molecule has 7 nitrogen and oxygen atoms in total. The van der Waals surface area contributed by atoms with Crippen molar-refractivity contribution in [1.82, 2.24) is 14.7 Å². The van der Waals surface area contributed by atoms with Gasteiger partial charge in [-0.15, -0.1) is 0 Å². The number of benzene rings is 1. The number of aromatic nitrogens is 2. The fraction of sp³-hybridized carbons (Fsp3) is 0.444. The minimum Gasteiger partial charge on any atom is -0.361 e. The quantitative estimate of drug-likeness (QED) is 0.756. The average molecular weight is 463 g/mol. The Bertz CT molecular complexity index is 1120. The molecule has 0 unspecified atom stereocenters. The molecular weight excluding hydrogens is 445 g/mol. The largest absolute Gasteiger partial charge is 0.406 e. The maximum absolute atomic E-state index is 13.3. The summed E-state index contributed by atoms with van der Waals surface area (Å²) in [5.74, 6) is -0.923. The molecule has 30 heavy (non-hydrogen) atoms. The molecule has 1 fully saturated rings. The zero-order valence-corrected chi connectivity index (χ0v) is 17.4. The third-order valence-corrected chi connectivity index (χ3v) is 7.40. The van der Waals surface area contributed by atoms with Gasteiger partial charge >= 0.3 is 6.18 Å². The van der Waals surface area contributed by atoms with E-state index in [1.54, 1.807) is 25.1 Å². The number of anilines is 1. The van der Waals surface area contributed by atoms with Crippen LogP contribution in [0.2, 0.25) is 5.15 Å². The summed E-state index contributed by atoms with van der Waals surface area (Å²) in [6.45, 7) is 0.0934. The van der Waals surface area contributed by atoms with Crippen LogP contribution in [-0.2, 0) is 9.84 Å². The van der Waals surface area contributed by atoms with Gasteiger partial charge in [0, 0.05) is 5.69 Å². The van der Waals surface area contributed by atoms with Gasteiger partial charge in [0.1, 0.15) is 17.9 Å². The number of hydrogen-bond donors (Lipinski definition) is 1. The topological polar surface area (TPSA) is 84.3 Å². The molecule has 0 spiro atoms. The van der Waals surface area contributed by atoms with Crippen LogP contribution in [0.15, 0.2) is 24.3 Å². The standard InChI is InChI=1S/C18H18ClF3N4O3S/c1-10-14(15(19)26(24-10)11-6-7-30(28,29)8-11)16-23-13-5-3-2-4-12(13)17(27)25(16)9-18(20,21)22/h2-5,11,16,23H,6-9H2,1H3/t11-,16+/m0/s1. The van der Waals surface area contributed by atoms with Crippen LogP contribution >= 0.6 is 11.6 Å². The zero-order valence-electron chi connectivity index (χ0n) is 15.8. The molecule has 2 atom stereocenters. The first-order chi connectivity index (χ1) is 14.0. The first kappa shape index (κ1) is 21.0. The zero-order chi connectivity index (χ0) is 21.8. The maximum Gasteiger partial charge on any atom is 0.406 e. The van der Waals surface area contributed by atoms with Gasteiger partial charge < -0.3 is 10.2 Å². The second-order valence-electron chi connectivity index (χ2n) is 7.43. The Labute approximate surface area is 175 Å². The van der Waals surface area contributed by atoms with Crippen LogP contribution in [-0.4, -0.2) is 53.2 Å². The highest BCUT2D eigenvalue weighted by Gasteiger charge is 2.43. The lowest BCUT2D eigenvalue weighted by molar-refractivity contribution is -0.144. The average Bonchev–Trinajstić information content (AvgIpc) is 3.15. The van der Waals surface area contributed by atoms with E-state index in [1.807, 2.05) is 0 Å². The molecule has 4 rings (SSSR count). The molecule has 1 N–H and O–H groups in total. The van der Waals surface area contributed by atoms with E-state index < -0.39 is 40.7 Å². The van der Waals surface area contributed by atoms with Gasteiger partial charge in [0.15, 0.2) is 9.84 Å². The number of alkyl halides is 3. The molecule has 1 amide bonds. The third kappa shape index (κ3) is 3.76. The van der Waals surface area contributed by atoms with Crippen molar-refractivity contribution < 1.29 is 26.4 Å². The summed E-state index contributed by atoms with van der Waals surface area (Å²) in [4.78, 5) is 13.6. The number of rotatable bonds is 3. The smallest absolute Gasteiger partial charge is 0.361 e. The summed E-state index contributed by atoms with van der Waals surface area (Å²) in [5.41, 5.74) is 1.05. The summed E-state index contributed by atoms with van der Waals surface area (Å²) >= 11 is 6.49. The Morgan fingerprint density at radius 1 is 1.30 bits per heavy atom. The summed E-state index contributed by atoms with van der Waals surface area (Å²) in [7, 11) is -3.22. The van der Waals surface area contributed by atoms with E-state index in [0.717, 1.165) is 0 Å². The number of carbonyl (C=O) groups is 1. The Kier molecular flexibility index (Phi) is 5.00. The van der Waals surface area contributed by atoms with Crippen LogP contribution in [0.25, 0.3) is 0 Å². The summed E-state index contributed by atoms with van der Waals surface area (Å²) in [6, 6.07) is 5.78. The second kappa shape index (κ2) is 7.16. The van der Waals surface area contributed by atoms with E-state index in [9.17, 15) is 26.4 Å². The van der Waals surface area contributed by atoms with Crippen LogP contribution in [0, 0.1) is 6.92 Å². The SMILES string of the molecule is Cc1nn([C@H]2CCS(=O)(=O)C2)c(Cl)c1[C@@H]1Nc2ccccc2C(=O)N1CC(F)(F)F. The van der Waals surface area contributed by atoms with Crippen molar-refractivity contribution >= 4 is 33.0 Å². The van der Waals surface area contributed by atoms with Crippen LogP contribution in [0.5, 0.6) is 0 Å². The third-order valence-electron chi connectivity index (χ3n) is 5.27. The van der Waals surface area contributed by atoms with E-state index in [0.29, 0.717) is 22.7 Å². The normalized spacial score (nSPS) is 23.4. The molecule has 0 radical (unpaired) electrons. The fourth-order valence-electron chi connectivity index (χ4n) is 3.93. The number of fused-ring (bicyclic) bond motifs is 1. The molecule has 162 valence electrons. The van der Waals surface area contributed by atoms with E-state index in [4.69, 9.17) is 11.6 Å². The lowest BCUT2D eigenvalue weighted by Gasteiger charge is -2.38. The van der Waals surface area contributed by atoms with Gasteiger partial charge in [0.2, 0.25) is 0 Å². The summed E-state index contributed by atoms with van der Waals surface area (Å²) in [6.07, 6.45) is -5.51. The number of carbonyl (C=O) groups excluding carboxylic acids is 1. The highest BCUT2D eigenvalue weighted by molar-refractivity contribution is 7.91. The molecule has 1 saturated heterocycles. The van der Waals surface area contributed by atoms with Gasteiger partial charge in [0.25, 0.3) is 5.91 Å². The van der Waals surface area contributed by atoms with Crippen molar-refractivity contribution in [2.75, 3.05) is 23.4 Å². The molecule has 0 aliphatic carbocycles. The number of para-hydroxylation sites is 1. The minimum atomic E-state index is -4.63. The second-order valence-corrected chi connectivity index (χ2v) is 10.0. The van der Waals surface area contributed by atoms with Crippen molar-refractivity contribution in [3.05, 3.63) is 46.2 Å². The van der Waals surface area contributed by atoms with Crippen LogP contribution in [0.1, 0.15) is 40.2 Å². The number of sulfone groups is 1.